The van der Waals surface area contributed by atoms with Crippen LogP contribution in [0.3, 0.4) is 0 Å². The number of rotatable bonds is 9. The van der Waals surface area contributed by atoms with E-state index in [2.05, 4.69) is 5.32 Å². The highest BCUT2D eigenvalue weighted by molar-refractivity contribution is 5.31. The van der Waals surface area contributed by atoms with E-state index in [-0.39, 0.29) is 17.6 Å². The fraction of sp³-hybridized carbons (Fsp3) is 0.600. The molecule has 0 heterocycles. The topological polar surface area (TPSA) is 39.7 Å². The van der Waals surface area contributed by atoms with Gasteiger partial charge in [0, 0.05) is 13.2 Å². The molecule has 0 bridgehead atoms. The van der Waals surface area contributed by atoms with Crippen molar-refractivity contribution in [2.24, 2.45) is 0 Å². The Labute approximate surface area is 120 Å². The highest BCUT2D eigenvalue weighted by Crippen LogP contribution is 2.22. The molecule has 4 nitrogen and oxygen atoms in total. The first-order valence-corrected chi connectivity index (χ1v) is 6.89. The molecule has 20 heavy (non-hydrogen) atoms. The number of hydrogen-bond donors (Lipinski definition) is 1. The van der Waals surface area contributed by atoms with Gasteiger partial charge in [-0.05, 0) is 38.9 Å². The molecule has 5 heteroatoms. The van der Waals surface area contributed by atoms with Crippen LogP contribution in [-0.4, -0.2) is 39.7 Å². The number of likely N-dealkylation sites (N-methyl/N-ethyl adjacent to an activating group) is 1. The average Bonchev–Trinajstić information content (AvgIpc) is 2.46. The number of hydrogen-bond acceptors (Lipinski definition) is 4. The minimum Gasteiger partial charge on any atom is -0.494 e. The Hall–Kier alpha value is -1.17. The lowest BCUT2D eigenvalue weighted by Gasteiger charge is -2.26. The van der Waals surface area contributed by atoms with Gasteiger partial charge in [0.25, 0.3) is 0 Å². The largest absolute Gasteiger partial charge is 0.494 e. The number of halogens is 1. The van der Waals surface area contributed by atoms with E-state index >= 15 is 0 Å². The second-order valence-corrected chi connectivity index (χ2v) is 4.31. The third-order valence-corrected chi connectivity index (χ3v) is 3.06. The second kappa shape index (κ2) is 8.89. The third kappa shape index (κ3) is 4.44. The molecule has 1 rings (SSSR count). The molecule has 1 unspecified atom stereocenters. The van der Waals surface area contributed by atoms with Crippen LogP contribution in [0.15, 0.2) is 18.2 Å². The molecule has 0 aliphatic heterocycles. The summed E-state index contributed by atoms with van der Waals surface area (Å²) in [7, 11) is 3.27. The van der Waals surface area contributed by atoms with Crippen molar-refractivity contribution in [3.05, 3.63) is 29.6 Å². The van der Waals surface area contributed by atoms with Crippen LogP contribution < -0.4 is 10.1 Å². The number of benzene rings is 1. The van der Waals surface area contributed by atoms with Gasteiger partial charge < -0.3 is 19.5 Å². The summed E-state index contributed by atoms with van der Waals surface area (Å²) >= 11 is 0. The van der Waals surface area contributed by atoms with Gasteiger partial charge in [-0.3, -0.25) is 0 Å². The molecule has 0 radical (unpaired) electrons. The van der Waals surface area contributed by atoms with E-state index in [4.69, 9.17) is 14.2 Å². The van der Waals surface area contributed by atoms with Crippen LogP contribution in [0.1, 0.15) is 19.4 Å². The lowest BCUT2D eigenvalue weighted by atomic mass is 10.0. The first-order chi connectivity index (χ1) is 9.67. The van der Waals surface area contributed by atoms with Gasteiger partial charge in [0.15, 0.2) is 17.9 Å². The lowest BCUT2D eigenvalue weighted by Crippen LogP contribution is -2.43. The summed E-state index contributed by atoms with van der Waals surface area (Å²) < 4.78 is 30.3. The van der Waals surface area contributed by atoms with Crippen LogP contribution in [0.5, 0.6) is 5.75 Å². The number of nitrogens with one attached hydrogen (secondary N) is 1. The molecular weight excluding hydrogens is 261 g/mol. The molecular formula is C15H24FNO3. The Morgan fingerprint density at radius 1 is 1.20 bits per heavy atom. The molecule has 1 aromatic carbocycles. The van der Waals surface area contributed by atoms with Gasteiger partial charge >= 0.3 is 0 Å². The molecule has 1 N–H and O–H groups in total. The third-order valence-electron chi connectivity index (χ3n) is 3.06. The maximum absolute atomic E-state index is 14.2. The van der Waals surface area contributed by atoms with E-state index < -0.39 is 6.29 Å². The molecule has 0 aromatic heterocycles. The van der Waals surface area contributed by atoms with Gasteiger partial charge in [0.2, 0.25) is 0 Å². The van der Waals surface area contributed by atoms with E-state index in [1.807, 2.05) is 20.9 Å². The van der Waals surface area contributed by atoms with Crippen molar-refractivity contribution in [3.8, 4) is 5.75 Å². The van der Waals surface area contributed by atoms with Crippen LogP contribution in [0.2, 0.25) is 0 Å². The van der Waals surface area contributed by atoms with Crippen LogP contribution in [0.25, 0.3) is 0 Å². The fourth-order valence-corrected chi connectivity index (χ4v) is 2.05. The molecule has 0 amide bonds. The van der Waals surface area contributed by atoms with Crippen molar-refractivity contribution in [3.63, 3.8) is 0 Å². The van der Waals surface area contributed by atoms with E-state index in [9.17, 15) is 4.39 Å². The van der Waals surface area contributed by atoms with Gasteiger partial charge in [-0.1, -0.05) is 12.1 Å². The molecule has 0 spiro atoms. The Balaban J connectivity index is 2.86. The van der Waals surface area contributed by atoms with Crippen molar-refractivity contribution in [1.29, 1.82) is 0 Å². The SMILES string of the molecule is CCOC(OCC)C(Cc1cccc(OC)c1F)NC. The first kappa shape index (κ1) is 16.9. The molecule has 1 atom stereocenters. The maximum Gasteiger partial charge on any atom is 0.172 e. The van der Waals surface area contributed by atoms with Crippen molar-refractivity contribution in [2.75, 3.05) is 27.4 Å². The Morgan fingerprint density at radius 3 is 2.35 bits per heavy atom. The van der Waals surface area contributed by atoms with E-state index in [1.165, 1.54) is 7.11 Å². The minimum atomic E-state index is -0.402. The van der Waals surface area contributed by atoms with Crippen molar-refractivity contribution >= 4 is 0 Å². The standard InChI is InChI=1S/C15H24FNO3/c1-5-19-15(20-6-2)12(17-3)10-11-8-7-9-13(18-4)14(11)16/h7-9,12,15,17H,5-6,10H2,1-4H3. The predicted octanol–water partition coefficient (Wildman–Crippen LogP) is 2.36. The zero-order valence-electron chi connectivity index (χ0n) is 12.6. The molecule has 0 aliphatic carbocycles. The summed E-state index contributed by atoms with van der Waals surface area (Å²) in [5.41, 5.74) is 0.577. The maximum atomic E-state index is 14.2. The molecule has 0 fully saturated rings. The van der Waals surface area contributed by atoms with E-state index in [0.29, 0.717) is 25.2 Å². The lowest BCUT2D eigenvalue weighted by molar-refractivity contribution is -0.152. The van der Waals surface area contributed by atoms with Gasteiger partial charge in [0.05, 0.1) is 13.2 Å². The fourth-order valence-electron chi connectivity index (χ4n) is 2.05. The number of methoxy groups -OCH3 is 1. The molecule has 0 saturated heterocycles. The quantitative estimate of drug-likeness (QED) is 0.707. The summed E-state index contributed by atoms with van der Waals surface area (Å²) in [5, 5.41) is 3.13. The van der Waals surface area contributed by atoms with Crippen molar-refractivity contribution in [2.45, 2.75) is 32.6 Å². The summed E-state index contributed by atoms with van der Waals surface area (Å²) in [6, 6.07) is 5.00. The molecule has 0 aliphatic rings. The zero-order chi connectivity index (χ0) is 15.0. The first-order valence-electron chi connectivity index (χ1n) is 6.89. The smallest absolute Gasteiger partial charge is 0.172 e. The summed E-state index contributed by atoms with van der Waals surface area (Å²) in [6.45, 7) is 4.91. The van der Waals surface area contributed by atoms with Crippen molar-refractivity contribution in [1.82, 2.24) is 5.32 Å². The van der Waals surface area contributed by atoms with Gasteiger partial charge in [-0.15, -0.1) is 0 Å². The zero-order valence-corrected chi connectivity index (χ0v) is 12.6. The van der Waals surface area contributed by atoms with E-state index in [0.717, 1.165) is 0 Å². The van der Waals surface area contributed by atoms with Crippen LogP contribution in [-0.2, 0) is 15.9 Å². The monoisotopic (exact) mass is 285 g/mol. The van der Waals surface area contributed by atoms with Crippen LogP contribution in [0, 0.1) is 5.82 Å². The highest BCUT2D eigenvalue weighted by Gasteiger charge is 2.23. The Bertz CT molecular complexity index is 395. The Kier molecular flexibility index (Phi) is 7.51. The summed E-state index contributed by atoms with van der Waals surface area (Å²) in [5.74, 6) is -0.0799. The summed E-state index contributed by atoms with van der Waals surface area (Å²) in [6.07, 6.45) is 0.0603. The van der Waals surface area contributed by atoms with Gasteiger partial charge in [-0.2, -0.15) is 0 Å². The average molecular weight is 285 g/mol. The van der Waals surface area contributed by atoms with Crippen LogP contribution in [0.4, 0.5) is 4.39 Å². The molecule has 0 saturated carbocycles. The molecule has 114 valence electrons. The Morgan fingerprint density at radius 2 is 1.85 bits per heavy atom. The molecule has 1 aromatic rings. The van der Waals surface area contributed by atoms with Gasteiger partial charge in [0.1, 0.15) is 0 Å². The predicted molar refractivity (Wildman–Crippen MR) is 76.5 cm³/mol. The van der Waals surface area contributed by atoms with Crippen molar-refractivity contribution < 1.29 is 18.6 Å². The normalized spacial score (nSPS) is 12.7. The number of ether oxygens (including phenoxy) is 3. The van der Waals surface area contributed by atoms with Gasteiger partial charge in [-0.25, -0.2) is 4.39 Å². The minimum absolute atomic E-state index is 0.128. The second-order valence-electron chi connectivity index (χ2n) is 4.31. The van der Waals surface area contributed by atoms with Crippen LogP contribution >= 0.6 is 0 Å². The summed E-state index contributed by atoms with van der Waals surface area (Å²) in [4.78, 5) is 0. The highest BCUT2D eigenvalue weighted by atomic mass is 19.1. The van der Waals surface area contributed by atoms with E-state index in [1.54, 1.807) is 18.2 Å².